The van der Waals surface area contributed by atoms with E-state index in [1.54, 1.807) is 23.5 Å². The Bertz CT molecular complexity index is 772. The van der Waals surface area contributed by atoms with Gasteiger partial charge < -0.3 is 9.42 Å². The van der Waals surface area contributed by atoms with Crippen molar-refractivity contribution in [3.05, 3.63) is 46.9 Å². The molecule has 3 heterocycles. The molecule has 2 aromatic heterocycles. The lowest BCUT2D eigenvalue weighted by atomic mass is 9.98. The first-order valence-electron chi connectivity index (χ1n) is 7.52. The molecule has 4 rings (SSSR count). The average molecular weight is 330 g/mol. The number of thiazole rings is 1. The number of hydrogen-bond donors (Lipinski definition) is 0. The highest BCUT2D eigenvalue weighted by molar-refractivity contribution is 7.07. The molecule has 1 aromatic carbocycles. The van der Waals surface area contributed by atoms with Gasteiger partial charge in [-0.15, -0.1) is 11.3 Å². The summed E-state index contributed by atoms with van der Waals surface area (Å²) in [5.41, 5.74) is 2.60. The Morgan fingerprint density at radius 1 is 1.26 bits per heavy atom. The Balaban J connectivity index is 1.53. The van der Waals surface area contributed by atoms with E-state index in [1.807, 2.05) is 5.51 Å². The first-order valence-corrected chi connectivity index (χ1v) is 8.46. The Hall–Kier alpha value is -2.28. The molecule has 0 aliphatic carbocycles. The lowest BCUT2D eigenvalue weighted by Gasteiger charge is -2.30. The van der Waals surface area contributed by atoms with Crippen LogP contribution in [0, 0.1) is 5.82 Å². The fraction of sp³-hybridized carbons (Fsp3) is 0.312. The first kappa shape index (κ1) is 14.3. The summed E-state index contributed by atoms with van der Waals surface area (Å²) in [7, 11) is 0. The molecule has 0 unspecified atom stereocenters. The van der Waals surface area contributed by atoms with Gasteiger partial charge in [-0.3, -0.25) is 0 Å². The molecule has 1 aliphatic rings. The topological polar surface area (TPSA) is 55.1 Å². The number of halogens is 1. The van der Waals surface area contributed by atoms with Gasteiger partial charge in [0, 0.05) is 24.0 Å². The van der Waals surface area contributed by atoms with E-state index in [1.165, 1.54) is 12.1 Å². The van der Waals surface area contributed by atoms with Gasteiger partial charge in [0.2, 0.25) is 11.7 Å². The number of anilines is 1. The molecule has 1 saturated heterocycles. The molecule has 23 heavy (non-hydrogen) atoms. The molecule has 0 saturated carbocycles. The van der Waals surface area contributed by atoms with Crippen LogP contribution in [-0.2, 0) is 0 Å². The fourth-order valence-corrected chi connectivity index (χ4v) is 3.43. The minimum absolute atomic E-state index is 0.201. The van der Waals surface area contributed by atoms with Crippen molar-refractivity contribution in [1.29, 1.82) is 0 Å². The van der Waals surface area contributed by atoms with Crippen LogP contribution in [0.4, 0.5) is 10.2 Å². The molecule has 7 heteroatoms. The Morgan fingerprint density at radius 2 is 2.13 bits per heavy atom. The largest absolute Gasteiger partial charge is 0.355 e. The van der Waals surface area contributed by atoms with Crippen molar-refractivity contribution in [3.63, 3.8) is 0 Å². The highest BCUT2D eigenvalue weighted by Crippen LogP contribution is 2.30. The van der Waals surface area contributed by atoms with Gasteiger partial charge in [-0.2, -0.15) is 4.98 Å². The number of aromatic nitrogens is 3. The number of rotatable bonds is 3. The fourth-order valence-electron chi connectivity index (χ4n) is 2.87. The van der Waals surface area contributed by atoms with E-state index in [-0.39, 0.29) is 11.7 Å². The van der Waals surface area contributed by atoms with Crippen LogP contribution in [0.2, 0.25) is 0 Å². The highest BCUT2D eigenvalue weighted by atomic mass is 32.1. The molecule has 3 aromatic rings. The van der Waals surface area contributed by atoms with Crippen molar-refractivity contribution in [2.45, 2.75) is 18.8 Å². The van der Waals surface area contributed by atoms with Crippen LogP contribution in [-0.4, -0.2) is 28.2 Å². The maximum absolute atomic E-state index is 13.0. The van der Waals surface area contributed by atoms with Crippen molar-refractivity contribution >= 4 is 17.2 Å². The molecule has 0 amide bonds. The molecule has 0 N–H and O–H groups in total. The van der Waals surface area contributed by atoms with Crippen LogP contribution in [0.15, 0.2) is 39.7 Å². The SMILES string of the molecule is Fc1ccc(-c2noc([C@H]3CCCN(c4cscn4)C3)n2)cc1. The van der Waals surface area contributed by atoms with E-state index in [0.29, 0.717) is 11.7 Å². The van der Waals surface area contributed by atoms with Gasteiger partial charge in [0.05, 0.1) is 11.4 Å². The smallest absolute Gasteiger partial charge is 0.231 e. The van der Waals surface area contributed by atoms with Gasteiger partial charge in [-0.25, -0.2) is 9.37 Å². The molecule has 118 valence electrons. The highest BCUT2D eigenvalue weighted by Gasteiger charge is 2.27. The van der Waals surface area contributed by atoms with E-state index in [9.17, 15) is 4.39 Å². The normalized spacial score (nSPS) is 18.3. The summed E-state index contributed by atoms with van der Waals surface area (Å²) in [5.74, 6) is 2.09. The molecule has 1 fully saturated rings. The number of hydrogen-bond acceptors (Lipinski definition) is 6. The molecule has 0 bridgehead atoms. The van der Waals surface area contributed by atoms with Crippen molar-refractivity contribution in [2.75, 3.05) is 18.0 Å². The lowest BCUT2D eigenvalue weighted by Crippen LogP contribution is -2.34. The zero-order chi connectivity index (χ0) is 15.6. The maximum atomic E-state index is 13.0. The zero-order valence-corrected chi connectivity index (χ0v) is 13.2. The van der Waals surface area contributed by atoms with Crippen LogP contribution in [0.1, 0.15) is 24.7 Å². The number of benzene rings is 1. The predicted octanol–water partition coefficient (Wildman–Crippen LogP) is 3.72. The third-order valence-electron chi connectivity index (χ3n) is 4.06. The average Bonchev–Trinajstić information content (AvgIpc) is 3.28. The van der Waals surface area contributed by atoms with Gasteiger partial charge in [-0.1, -0.05) is 5.16 Å². The van der Waals surface area contributed by atoms with Gasteiger partial charge in [0.15, 0.2) is 0 Å². The number of nitrogens with zero attached hydrogens (tertiary/aromatic N) is 4. The summed E-state index contributed by atoms with van der Waals surface area (Å²) in [6, 6.07) is 6.12. The van der Waals surface area contributed by atoms with Crippen molar-refractivity contribution in [3.8, 4) is 11.4 Å². The summed E-state index contributed by atoms with van der Waals surface area (Å²) in [4.78, 5) is 11.1. The Morgan fingerprint density at radius 3 is 2.91 bits per heavy atom. The summed E-state index contributed by atoms with van der Waals surface area (Å²) in [6.45, 7) is 1.83. The monoisotopic (exact) mass is 330 g/mol. The summed E-state index contributed by atoms with van der Waals surface area (Å²) in [6.07, 6.45) is 2.09. The van der Waals surface area contributed by atoms with E-state index in [4.69, 9.17) is 4.52 Å². The van der Waals surface area contributed by atoms with Crippen molar-refractivity contribution in [1.82, 2.24) is 15.1 Å². The van der Waals surface area contributed by atoms with Gasteiger partial charge >= 0.3 is 0 Å². The van der Waals surface area contributed by atoms with Crippen molar-refractivity contribution in [2.24, 2.45) is 0 Å². The Labute approximate surface area is 136 Å². The zero-order valence-electron chi connectivity index (χ0n) is 12.4. The third kappa shape index (κ3) is 2.96. The van der Waals surface area contributed by atoms with E-state index < -0.39 is 0 Å². The molecule has 1 aliphatic heterocycles. The summed E-state index contributed by atoms with van der Waals surface area (Å²) < 4.78 is 18.5. The predicted molar refractivity (Wildman–Crippen MR) is 86.0 cm³/mol. The van der Waals surface area contributed by atoms with Gasteiger partial charge in [-0.05, 0) is 37.1 Å². The van der Waals surface area contributed by atoms with Gasteiger partial charge in [0.25, 0.3) is 0 Å². The van der Waals surface area contributed by atoms with E-state index in [0.717, 1.165) is 37.3 Å². The standard InChI is InChI=1S/C16H15FN4OS/c17-13-5-3-11(4-6-13)15-19-16(22-20-15)12-2-1-7-21(8-12)14-9-23-10-18-14/h3-6,9-10,12H,1-2,7-8H2/t12-/m0/s1. The second-order valence-electron chi connectivity index (χ2n) is 5.59. The molecule has 0 spiro atoms. The number of piperidine rings is 1. The van der Waals surface area contributed by atoms with Crippen LogP contribution < -0.4 is 4.90 Å². The quantitative estimate of drug-likeness (QED) is 0.732. The van der Waals surface area contributed by atoms with Crippen LogP contribution in [0.25, 0.3) is 11.4 Å². The van der Waals surface area contributed by atoms with Crippen LogP contribution in [0.5, 0.6) is 0 Å². The summed E-state index contributed by atoms with van der Waals surface area (Å²) in [5, 5.41) is 6.09. The second kappa shape index (κ2) is 6.08. The molecule has 5 nitrogen and oxygen atoms in total. The Kier molecular flexibility index (Phi) is 3.78. The first-order chi connectivity index (χ1) is 11.3. The third-order valence-corrected chi connectivity index (χ3v) is 4.63. The van der Waals surface area contributed by atoms with E-state index in [2.05, 4.69) is 25.4 Å². The maximum Gasteiger partial charge on any atom is 0.231 e. The van der Waals surface area contributed by atoms with Crippen molar-refractivity contribution < 1.29 is 8.91 Å². The second-order valence-corrected chi connectivity index (χ2v) is 6.31. The molecule has 0 radical (unpaired) electrons. The van der Waals surface area contributed by atoms with Crippen LogP contribution >= 0.6 is 11.3 Å². The molecular weight excluding hydrogens is 315 g/mol. The molecule has 1 atom stereocenters. The van der Waals surface area contributed by atoms with Crippen LogP contribution in [0.3, 0.4) is 0 Å². The summed E-state index contributed by atoms with van der Waals surface area (Å²) >= 11 is 1.60. The molecular formula is C16H15FN4OS. The van der Waals surface area contributed by atoms with E-state index >= 15 is 0 Å². The minimum atomic E-state index is -0.274. The lowest BCUT2D eigenvalue weighted by molar-refractivity contribution is 0.333. The minimum Gasteiger partial charge on any atom is -0.355 e. The van der Waals surface area contributed by atoms with Gasteiger partial charge in [0.1, 0.15) is 11.6 Å².